The van der Waals surface area contributed by atoms with Crippen molar-refractivity contribution >= 4 is 16.6 Å². The van der Waals surface area contributed by atoms with Crippen LogP contribution in [-0.2, 0) is 18.3 Å². The molecule has 4 nitrogen and oxygen atoms in total. The van der Waals surface area contributed by atoms with Crippen LogP contribution in [0, 0.1) is 0 Å². The van der Waals surface area contributed by atoms with E-state index < -0.39 is 16.6 Å². The Hall–Kier alpha value is -0.246. The third-order valence-electron chi connectivity index (χ3n) is 7.94. The van der Waals surface area contributed by atoms with Gasteiger partial charge < -0.3 is 18.3 Å². The molecular formula is C25H48O4Si2. The van der Waals surface area contributed by atoms with Crippen molar-refractivity contribution in [3.8, 4) is 0 Å². The van der Waals surface area contributed by atoms with Gasteiger partial charge in [-0.05, 0) is 49.6 Å². The second-order valence-electron chi connectivity index (χ2n) is 12.7. The fourth-order valence-electron chi connectivity index (χ4n) is 3.61. The lowest BCUT2D eigenvalue weighted by atomic mass is 9.96. The largest absolute Gasteiger partial charge is 0.411 e. The summed E-state index contributed by atoms with van der Waals surface area (Å²) in [5, 5.41) is 0.336. The molecule has 180 valence electrons. The predicted molar refractivity (Wildman–Crippen MR) is 136 cm³/mol. The second kappa shape index (κ2) is 8.84. The Morgan fingerprint density at radius 1 is 0.968 bits per heavy atom. The first-order valence-corrected chi connectivity index (χ1v) is 17.6. The molecule has 0 spiro atoms. The zero-order valence-electron chi connectivity index (χ0n) is 22.0. The highest BCUT2D eigenvalue weighted by Crippen LogP contribution is 2.52. The molecule has 0 aromatic rings. The van der Waals surface area contributed by atoms with Crippen molar-refractivity contribution in [2.24, 2.45) is 0 Å². The van der Waals surface area contributed by atoms with Crippen LogP contribution in [0.15, 0.2) is 25.3 Å². The van der Waals surface area contributed by atoms with Crippen LogP contribution in [0.4, 0.5) is 0 Å². The summed E-state index contributed by atoms with van der Waals surface area (Å²) >= 11 is 0. The van der Waals surface area contributed by atoms with Crippen molar-refractivity contribution in [3.63, 3.8) is 0 Å². The molecule has 2 aliphatic heterocycles. The minimum Gasteiger partial charge on any atom is -0.411 e. The SMILES string of the molecule is C=CC[C@H](O[Si](C)(C)C(C)(C)C)[C@@H]1O[C@@H]1[C@@H]1O[C@@]1(C)C[C@@H](C=C)O[Si](C)(C)C(C)(C)C. The Labute approximate surface area is 194 Å². The smallest absolute Gasteiger partial charge is 0.192 e. The molecule has 0 N–H and O–H groups in total. The van der Waals surface area contributed by atoms with E-state index in [9.17, 15) is 0 Å². The summed E-state index contributed by atoms with van der Waals surface area (Å²) in [6, 6.07) is 0. The van der Waals surface area contributed by atoms with Crippen molar-refractivity contribution in [2.45, 2.75) is 134 Å². The molecule has 2 fully saturated rings. The van der Waals surface area contributed by atoms with Crippen molar-refractivity contribution < 1.29 is 18.3 Å². The van der Waals surface area contributed by atoms with Gasteiger partial charge in [-0.2, -0.15) is 0 Å². The van der Waals surface area contributed by atoms with E-state index in [1.807, 2.05) is 12.2 Å². The van der Waals surface area contributed by atoms with Gasteiger partial charge >= 0.3 is 0 Å². The molecule has 0 saturated carbocycles. The molecule has 0 radical (unpaired) electrons. The topological polar surface area (TPSA) is 43.5 Å². The Balaban J connectivity index is 1.99. The zero-order valence-corrected chi connectivity index (χ0v) is 24.0. The molecule has 0 aliphatic carbocycles. The fourth-order valence-corrected chi connectivity index (χ4v) is 6.24. The summed E-state index contributed by atoms with van der Waals surface area (Å²) in [6.45, 7) is 32.9. The Kier molecular flexibility index (Phi) is 7.70. The molecular weight excluding hydrogens is 420 g/mol. The van der Waals surface area contributed by atoms with E-state index in [1.54, 1.807) is 0 Å². The van der Waals surface area contributed by atoms with E-state index in [1.165, 1.54) is 0 Å². The molecule has 0 unspecified atom stereocenters. The lowest BCUT2D eigenvalue weighted by molar-refractivity contribution is 0.145. The lowest BCUT2D eigenvalue weighted by Gasteiger charge is -2.39. The molecule has 2 rings (SSSR count). The zero-order chi connectivity index (χ0) is 24.0. The van der Waals surface area contributed by atoms with Crippen molar-refractivity contribution in [1.82, 2.24) is 0 Å². The van der Waals surface area contributed by atoms with Crippen LogP contribution in [0.2, 0.25) is 36.3 Å². The molecule has 0 aromatic heterocycles. The fraction of sp³-hybridized carbons (Fsp3) is 0.840. The first kappa shape index (κ1) is 27.0. The standard InChI is InChI=1S/C25H48O4Si2/c1-14-16-19(29-31(12,13)24(6,7)8)20-21(26-20)22-25(9,27-22)17-18(15-2)28-30(10,11)23(3,4)5/h14-15,18-22H,1-2,16-17H2,3-13H3/t18-,19+,20+,21+,22+,25+/m1/s1. The summed E-state index contributed by atoms with van der Waals surface area (Å²) in [5.74, 6) is 0. The van der Waals surface area contributed by atoms with Gasteiger partial charge in [-0.3, -0.25) is 0 Å². The van der Waals surface area contributed by atoms with Gasteiger partial charge in [-0.25, -0.2) is 0 Å². The molecule has 6 atom stereocenters. The highest BCUT2D eigenvalue weighted by atomic mass is 28.4. The maximum absolute atomic E-state index is 6.70. The first-order valence-electron chi connectivity index (χ1n) is 11.8. The second-order valence-corrected chi connectivity index (χ2v) is 22.2. The Morgan fingerprint density at radius 3 is 1.94 bits per heavy atom. The third kappa shape index (κ3) is 6.21. The van der Waals surface area contributed by atoms with Crippen molar-refractivity contribution in [1.29, 1.82) is 0 Å². The molecule has 2 saturated heterocycles. The number of epoxide rings is 2. The predicted octanol–water partition coefficient (Wildman–Crippen LogP) is 6.84. The van der Waals surface area contributed by atoms with Gasteiger partial charge in [0.15, 0.2) is 16.6 Å². The third-order valence-corrected chi connectivity index (χ3v) is 16.9. The van der Waals surface area contributed by atoms with Crippen molar-refractivity contribution in [2.75, 3.05) is 0 Å². The van der Waals surface area contributed by atoms with E-state index in [0.717, 1.165) is 12.8 Å². The summed E-state index contributed by atoms with van der Waals surface area (Å²) in [6.07, 6.45) is 5.84. The molecule has 6 heteroatoms. The van der Waals surface area contributed by atoms with Crippen LogP contribution in [0.5, 0.6) is 0 Å². The highest BCUT2D eigenvalue weighted by Gasteiger charge is 2.66. The van der Waals surface area contributed by atoms with Gasteiger partial charge in [0, 0.05) is 6.42 Å². The average molecular weight is 469 g/mol. The first-order chi connectivity index (χ1) is 13.9. The molecule has 31 heavy (non-hydrogen) atoms. The minimum absolute atomic E-state index is 0.000505. The Bertz CT molecular complexity index is 661. The van der Waals surface area contributed by atoms with Crippen LogP contribution >= 0.6 is 0 Å². The summed E-state index contributed by atoms with van der Waals surface area (Å²) in [4.78, 5) is 0. The van der Waals surface area contributed by atoms with Gasteiger partial charge in [-0.15, -0.1) is 13.2 Å². The molecule has 0 bridgehead atoms. The summed E-state index contributed by atoms with van der Waals surface area (Å²) < 4.78 is 25.7. The van der Waals surface area contributed by atoms with Crippen LogP contribution in [0.1, 0.15) is 61.3 Å². The summed E-state index contributed by atoms with van der Waals surface area (Å²) in [7, 11) is -3.75. The molecule has 0 aromatic carbocycles. The number of ether oxygens (including phenoxy) is 2. The van der Waals surface area contributed by atoms with Crippen LogP contribution < -0.4 is 0 Å². The van der Waals surface area contributed by atoms with Crippen LogP contribution in [0.25, 0.3) is 0 Å². The maximum atomic E-state index is 6.70. The molecule has 2 heterocycles. The normalized spacial score (nSPS) is 31.1. The van der Waals surface area contributed by atoms with Gasteiger partial charge in [0.25, 0.3) is 0 Å². The summed E-state index contributed by atoms with van der Waals surface area (Å²) in [5.41, 5.74) is -0.226. The monoisotopic (exact) mass is 468 g/mol. The van der Waals surface area contributed by atoms with Gasteiger partial charge in [-0.1, -0.05) is 53.7 Å². The minimum atomic E-state index is -1.88. The lowest BCUT2D eigenvalue weighted by Crippen LogP contribution is -2.45. The average Bonchev–Trinajstić information content (AvgIpc) is 3.47. The van der Waals surface area contributed by atoms with Crippen LogP contribution in [-0.4, -0.2) is 52.8 Å². The van der Waals surface area contributed by atoms with Gasteiger partial charge in [0.1, 0.15) is 18.3 Å². The number of hydrogen-bond donors (Lipinski definition) is 0. The van der Waals surface area contributed by atoms with Gasteiger partial charge in [0.05, 0.1) is 17.8 Å². The molecule has 0 amide bonds. The molecule has 2 aliphatic rings. The van der Waals surface area contributed by atoms with E-state index in [-0.39, 0.29) is 46.2 Å². The van der Waals surface area contributed by atoms with Crippen LogP contribution in [0.3, 0.4) is 0 Å². The van der Waals surface area contributed by atoms with E-state index in [2.05, 4.69) is 87.8 Å². The van der Waals surface area contributed by atoms with Gasteiger partial charge in [0.2, 0.25) is 0 Å². The number of rotatable bonds is 11. The Morgan fingerprint density at radius 2 is 1.48 bits per heavy atom. The maximum Gasteiger partial charge on any atom is 0.192 e. The van der Waals surface area contributed by atoms with E-state index in [4.69, 9.17) is 18.3 Å². The quantitative estimate of drug-likeness (QED) is 0.189. The van der Waals surface area contributed by atoms with E-state index in [0.29, 0.717) is 0 Å². The van der Waals surface area contributed by atoms with E-state index >= 15 is 0 Å². The van der Waals surface area contributed by atoms with Crippen molar-refractivity contribution in [3.05, 3.63) is 25.3 Å². The number of hydrogen-bond acceptors (Lipinski definition) is 4. The highest BCUT2D eigenvalue weighted by molar-refractivity contribution is 6.74.